The number of nitrogens with one attached hydrogen (secondary N) is 1. The zero-order valence-electron chi connectivity index (χ0n) is 11.6. The van der Waals surface area contributed by atoms with Crippen LogP contribution in [0.2, 0.25) is 0 Å². The quantitative estimate of drug-likeness (QED) is 0.589. The Morgan fingerprint density at radius 3 is 2.60 bits per heavy atom. The lowest BCUT2D eigenvalue weighted by atomic mass is 10.0. The van der Waals surface area contributed by atoms with Crippen LogP contribution in [0.5, 0.6) is 0 Å². The predicted octanol–water partition coefficient (Wildman–Crippen LogP) is 2.22. The van der Waals surface area contributed by atoms with Crippen LogP contribution in [0.4, 0.5) is 5.69 Å². The van der Waals surface area contributed by atoms with Gasteiger partial charge >= 0.3 is 0 Å². The molecule has 0 bridgehead atoms. The molecule has 0 aliphatic heterocycles. The van der Waals surface area contributed by atoms with E-state index in [1.165, 1.54) is 0 Å². The fourth-order valence-electron chi connectivity index (χ4n) is 1.75. The SMILES string of the molecule is Cc1ccc(C(C)(O)CN=C(N)Nc2ccccc2)o1. The van der Waals surface area contributed by atoms with Crippen molar-refractivity contribution in [3.8, 4) is 0 Å². The highest BCUT2D eigenvalue weighted by molar-refractivity contribution is 5.92. The summed E-state index contributed by atoms with van der Waals surface area (Å²) in [6, 6.07) is 13.0. The maximum absolute atomic E-state index is 10.3. The molecule has 20 heavy (non-hydrogen) atoms. The topological polar surface area (TPSA) is 83.8 Å². The van der Waals surface area contributed by atoms with E-state index in [1.54, 1.807) is 19.1 Å². The number of hydrogen-bond acceptors (Lipinski definition) is 3. The van der Waals surface area contributed by atoms with E-state index in [-0.39, 0.29) is 12.5 Å². The summed E-state index contributed by atoms with van der Waals surface area (Å²) in [5, 5.41) is 13.3. The molecular weight excluding hydrogens is 254 g/mol. The van der Waals surface area contributed by atoms with Crippen LogP contribution in [0.15, 0.2) is 51.9 Å². The number of guanidine groups is 1. The lowest BCUT2D eigenvalue weighted by Crippen LogP contribution is -2.29. The Bertz CT molecular complexity index is 588. The summed E-state index contributed by atoms with van der Waals surface area (Å²) >= 11 is 0. The van der Waals surface area contributed by atoms with Gasteiger partial charge in [-0.3, -0.25) is 0 Å². The first-order chi connectivity index (χ1) is 9.47. The molecule has 0 radical (unpaired) electrons. The monoisotopic (exact) mass is 273 g/mol. The van der Waals surface area contributed by atoms with Crippen molar-refractivity contribution in [3.63, 3.8) is 0 Å². The van der Waals surface area contributed by atoms with Gasteiger partial charge in [0.05, 0.1) is 6.54 Å². The minimum absolute atomic E-state index is 0.117. The average molecular weight is 273 g/mol. The molecule has 0 saturated heterocycles. The summed E-state index contributed by atoms with van der Waals surface area (Å²) < 4.78 is 5.42. The second kappa shape index (κ2) is 5.79. The largest absolute Gasteiger partial charge is 0.463 e. The maximum Gasteiger partial charge on any atom is 0.193 e. The van der Waals surface area contributed by atoms with E-state index >= 15 is 0 Å². The van der Waals surface area contributed by atoms with Crippen LogP contribution in [-0.2, 0) is 5.60 Å². The summed E-state index contributed by atoms with van der Waals surface area (Å²) in [6.07, 6.45) is 0. The number of hydrogen-bond donors (Lipinski definition) is 3. The molecule has 2 rings (SSSR count). The van der Waals surface area contributed by atoms with Gasteiger partial charge in [-0.2, -0.15) is 0 Å². The van der Waals surface area contributed by atoms with Crippen LogP contribution in [-0.4, -0.2) is 17.6 Å². The smallest absolute Gasteiger partial charge is 0.193 e. The molecule has 1 atom stereocenters. The Kier molecular flexibility index (Phi) is 4.10. The van der Waals surface area contributed by atoms with Gasteiger partial charge in [0.15, 0.2) is 5.96 Å². The number of aliphatic imine (C=N–C) groups is 1. The Labute approximate surface area is 118 Å². The Hall–Kier alpha value is -2.27. The highest BCUT2D eigenvalue weighted by Crippen LogP contribution is 2.23. The minimum atomic E-state index is -1.18. The van der Waals surface area contributed by atoms with Crippen molar-refractivity contribution in [1.82, 2.24) is 0 Å². The molecule has 1 aromatic heterocycles. The van der Waals surface area contributed by atoms with E-state index in [0.717, 1.165) is 11.4 Å². The number of benzene rings is 1. The first-order valence-electron chi connectivity index (χ1n) is 6.39. The molecule has 1 unspecified atom stereocenters. The van der Waals surface area contributed by atoms with Crippen molar-refractivity contribution in [1.29, 1.82) is 0 Å². The zero-order valence-corrected chi connectivity index (χ0v) is 11.6. The van der Waals surface area contributed by atoms with Gasteiger partial charge in [-0.25, -0.2) is 4.99 Å². The number of furan rings is 1. The van der Waals surface area contributed by atoms with E-state index < -0.39 is 5.60 Å². The molecule has 0 amide bonds. The lowest BCUT2D eigenvalue weighted by molar-refractivity contribution is 0.0430. The van der Waals surface area contributed by atoms with Crippen LogP contribution in [0.1, 0.15) is 18.4 Å². The Balaban J connectivity index is 2.01. The molecule has 5 heteroatoms. The predicted molar refractivity (Wildman–Crippen MR) is 79.6 cm³/mol. The second-order valence-electron chi connectivity index (χ2n) is 4.88. The molecule has 4 N–H and O–H groups in total. The Morgan fingerprint density at radius 2 is 2.00 bits per heavy atom. The number of rotatable bonds is 4. The van der Waals surface area contributed by atoms with Crippen LogP contribution in [0.3, 0.4) is 0 Å². The van der Waals surface area contributed by atoms with E-state index in [2.05, 4.69) is 10.3 Å². The van der Waals surface area contributed by atoms with Gasteiger partial charge in [0.1, 0.15) is 17.1 Å². The number of aliphatic hydroxyl groups is 1. The third-order valence-electron chi connectivity index (χ3n) is 2.87. The van der Waals surface area contributed by atoms with E-state index in [4.69, 9.17) is 10.2 Å². The van der Waals surface area contributed by atoms with Crippen LogP contribution < -0.4 is 11.1 Å². The minimum Gasteiger partial charge on any atom is -0.463 e. The summed E-state index contributed by atoms with van der Waals surface area (Å²) in [7, 11) is 0. The molecule has 106 valence electrons. The van der Waals surface area contributed by atoms with E-state index in [9.17, 15) is 5.11 Å². The van der Waals surface area contributed by atoms with E-state index in [0.29, 0.717) is 5.76 Å². The first kappa shape index (κ1) is 14.1. The third kappa shape index (κ3) is 3.61. The summed E-state index contributed by atoms with van der Waals surface area (Å²) in [5.41, 5.74) is 5.46. The van der Waals surface area contributed by atoms with Crippen molar-refractivity contribution in [2.75, 3.05) is 11.9 Å². The lowest BCUT2D eigenvalue weighted by Gasteiger charge is -2.18. The molecule has 0 aliphatic carbocycles. The molecular formula is C15H19N3O2. The summed E-state index contributed by atoms with van der Waals surface area (Å²) in [4.78, 5) is 4.15. The number of nitrogens with zero attached hydrogens (tertiary/aromatic N) is 1. The summed E-state index contributed by atoms with van der Waals surface area (Å²) in [6.45, 7) is 3.59. The number of nitrogens with two attached hydrogens (primary N) is 1. The van der Waals surface area contributed by atoms with Gasteiger partial charge in [-0.15, -0.1) is 0 Å². The average Bonchev–Trinajstić information content (AvgIpc) is 2.85. The van der Waals surface area contributed by atoms with Crippen molar-refractivity contribution in [2.24, 2.45) is 10.7 Å². The fourth-order valence-corrected chi connectivity index (χ4v) is 1.75. The molecule has 0 fully saturated rings. The van der Waals surface area contributed by atoms with Crippen molar-refractivity contribution in [3.05, 3.63) is 54.0 Å². The highest BCUT2D eigenvalue weighted by Gasteiger charge is 2.26. The van der Waals surface area contributed by atoms with Gasteiger partial charge in [0.25, 0.3) is 0 Å². The number of para-hydroxylation sites is 1. The zero-order chi connectivity index (χ0) is 14.6. The molecule has 2 aromatic rings. The van der Waals surface area contributed by atoms with Crippen molar-refractivity contribution < 1.29 is 9.52 Å². The fraction of sp³-hybridized carbons (Fsp3) is 0.267. The van der Waals surface area contributed by atoms with Gasteiger partial charge < -0.3 is 20.6 Å². The number of aryl methyl sites for hydroxylation is 1. The van der Waals surface area contributed by atoms with Gasteiger partial charge in [0, 0.05) is 5.69 Å². The molecule has 5 nitrogen and oxygen atoms in total. The van der Waals surface area contributed by atoms with Gasteiger partial charge in [-0.1, -0.05) is 18.2 Å². The second-order valence-corrected chi connectivity index (χ2v) is 4.88. The normalized spacial score (nSPS) is 14.8. The van der Waals surface area contributed by atoms with Crippen LogP contribution in [0, 0.1) is 6.92 Å². The number of anilines is 1. The maximum atomic E-state index is 10.3. The molecule has 0 spiro atoms. The summed E-state index contributed by atoms with van der Waals surface area (Å²) in [5.74, 6) is 1.48. The first-order valence-corrected chi connectivity index (χ1v) is 6.39. The van der Waals surface area contributed by atoms with E-state index in [1.807, 2.05) is 37.3 Å². The van der Waals surface area contributed by atoms with Gasteiger partial charge in [-0.05, 0) is 38.1 Å². The van der Waals surface area contributed by atoms with Crippen LogP contribution >= 0.6 is 0 Å². The Morgan fingerprint density at radius 1 is 1.30 bits per heavy atom. The molecule has 1 aromatic carbocycles. The van der Waals surface area contributed by atoms with Crippen LogP contribution in [0.25, 0.3) is 0 Å². The van der Waals surface area contributed by atoms with Gasteiger partial charge in [0.2, 0.25) is 0 Å². The third-order valence-corrected chi connectivity index (χ3v) is 2.87. The van der Waals surface area contributed by atoms with Crippen molar-refractivity contribution in [2.45, 2.75) is 19.4 Å². The highest BCUT2D eigenvalue weighted by atomic mass is 16.4. The molecule has 0 aliphatic rings. The standard InChI is InChI=1S/C15H19N3O2/c1-11-8-9-13(20-11)15(2,19)10-17-14(16)18-12-6-4-3-5-7-12/h3-9,19H,10H2,1-2H3,(H3,16,17,18). The van der Waals surface area contributed by atoms with Crippen molar-refractivity contribution >= 4 is 11.6 Å². The molecule has 1 heterocycles. The molecule has 0 saturated carbocycles.